The molecule has 0 aliphatic heterocycles. The summed E-state index contributed by atoms with van der Waals surface area (Å²) < 4.78 is 9.73. The summed E-state index contributed by atoms with van der Waals surface area (Å²) in [6.45, 7) is 4.96. The van der Waals surface area contributed by atoms with Crippen LogP contribution in [0.5, 0.6) is 5.75 Å². The molecule has 0 spiro atoms. The highest BCUT2D eigenvalue weighted by Gasteiger charge is 2.29. The van der Waals surface area contributed by atoms with Crippen LogP contribution in [0.25, 0.3) is 0 Å². The Bertz CT molecular complexity index is 789. The topological polar surface area (TPSA) is 160 Å². The second-order valence-electron chi connectivity index (χ2n) is 5.68. The third-order valence-electron chi connectivity index (χ3n) is 3.59. The molecule has 158 valence electrons. The van der Waals surface area contributed by atoms with Gasteiger partial charge >= 0.3 is 17.6 Å². The first kappa shape index (κ1) is 23.5. The number of ether oxygens (including phenoxy) is 2. The maximum absolute atomic E-state index is 11.9. The van der Waals surface area contributed by atoms with Crippen molar-refractivity contribution in [1.82, 2.24) is 0 Å². The van der Waals surface area contributed by atoms with Crippen molar-refractivity contribution in [2.24, 2.45) is 11.1 Å². The van der Waals surface area contributed by atoms with E-state index < -0.39 is 39.1 Å². The fraction of sp³-hybridized carbons (Fsp3) is 0.471. The van der Waals surface area contributed by atoms with E-state index >= 15 is 0 Å². The molecule has 0 N–H and O–H groups in total. The van der Waals surface area contributed by atoms with Crippen LogP contribution in [-0.4, -0.2) is 40.7 Å². The highest BCUT2D eigenvalue weighted by atomic mass is 16.7. The van der Waals surface area contributed by atoms with Crippen molar-refractivity contribution in [2.45, 2.75) is 33.6 Å². The van der Waals surface area contributed by atoms with E-state index in [0.717, 1.165) is 18.2 Å². The first-order valence-corrected chi connectivity index (χ1v) is 8.67. The Labute approximate surface area is 165 Å². The van der Waals surface area contributed by atoms with Crippen LogP contribution in [0.15, 0.2) is 23.4 Å². The van der Waals surface area contributed by atoms with Gasteiger partial charge in [-0.3, -0.25) is 29.8 Å². The molecule has 0 atom stereocenters. The van der Waals surface area contributed by atoms with Gasteiger partial charge in [-0.05, 0) is 39.7 Å². The Hall–Kier alpha value is -3.57. The second kappa shape index (κ2) is 11.3. The zero-order valence-electron chi connectivity index (χ0n) is 16.2. The van der Waals surface area contributed by atoms with Crippen LogP contribution in [-0.2, 0) is 19.1 Å². The second-order valence-corrected chi connectivity index (χ2v) is 5.68. The molecular formula is C17H21N3O9. The number of carbonyl (C=O) groups excluding carboxylic acids is 2. The van der Waals surface area contributed by atoms with Crippen LogP contribution in [0.4, 0.5) is 11.4 Å². The Morgan fingerprint density at radius 2 is 1.66 bits per heavy atom. The molecule has 0 saturated heterocycles. The smallest absolute Gasteiger partial charge is 0.321 e. The fourth-order valence-corrected chi connectivity index (χ4v) is 2.18. The van der Waals surface area contributed by atoms with E-state index in [1.165, 1.54) is 6.92 Å². The quantitative estimate of drug-likeness (QED) is 0.175. The van der Waals surface area contributed by atoms with E-state index in [9.17, 15) is 29.8 Å². The van der Waals surface area contributed by atoms with Gasteiger partial charge in [-0.1, -0.05) is 5.16 Å². The van der Waals surface area contributed by atoms with Crippen LogP contribution in [0.1, 0.15) is 33.6 Å². The van der Waals surface area contributed by atoms with Crippen molar-refractivity contribution in [3.63, 3.8) is 0 Å². The summed E-state index contributed by atoms with van der Waals surface area (Å²) in [4.78, 5) is 49.1. The maximum atomic E-state index is 11.9. The van der Waals surface area contributed by atoms with Crippen molar-refractivity contribution in [3.8, 4) is 5.75 Å². The first-order chi connectivity index (χ1) is 13.7. The highest BCUT2D eigenvalue weighted by Crippen LogP contribution is 2.31. The first-order valence-electron chi connectivity index (χ1n) is 8.67. The van der Waals surface area contributed by atoms with Gasteiger partial charge in [0.2, 0.25) is 5.75 Å². The molecule has 0 aliphatic carbocycles. The van der Waals surface area contributed by atoms with Gasteiger partial charge in [0, 0.05) is 6.07 Å². The van der Waals surface area contributed by atoms with Gasteiger partial charge in [0.1, 0.15) is 0 Å². The largest absolute Gasteiger partial charge is 0.465 e. The number of esters is 2. The van der Waals surface area contributed by atoms with E-state index in [0.29, 0.717) is 5.71 Å². The molecule has 12 nitrogen and oxygen atoms in total. The summed E-state index contributed by atoms with van der Waals surface area (Å²) >= 11 is 0. The molecule has 0 unspecified atom stereocenters. The van der Waals surface area contributed by atoms with Crippen molar-refractivity contribution in [1.29, 1.82) is 0 Å². The minimum absolute atomic E-state index is 0.0404. The summed E-state index contributed by atoms with van der Waals surface area (Å²) in [6.07, 6.45) is 0.182. The van der Waals surface area contributed by atoms with Gasteiger partial charge in [-0.15, -0.1) is 0 Å². The molecule has 0 amide bonds. The fourth-order valence-electron chi connectivity index (χ4n) is 2.18. The van der Waals surface area contributed by atoms with Gasteiger partial charge in [0.05, 0.1) is 34.8 Å². The number of rotatable bonds is 11. The Kier molecular flexibility index (Phi) is 9.16. The molecule has 0 fully saturated rings. The van der Waals surface area contributed by atoms with Gasteiger partial charge in [-0.2, -0.15) is 0 Å². The Morgan fingerprint density at radius 3 is 2.14 bits per heavy atom. The highest BCUT2D eigenvalue weighted by molar-refractivity contribution is 5.95. The van der Waals surface area contributed by atoms with E-state index in [-0.39, 0.29) is 31.8 Å². The summed E-state index contributed by atoms with van der Waals surface area (Å²) in [5.74, 6) is -2.85. The van der Waals surface area contributed by atoms with Crippen molar-refractivity contribution >= 4 is 29.0 Å². The molecule has 1 rings (SSSR count). The molecule has 0 radical (unpaired) electrons. The van der Waals surface area contributed by atoms with Gasteiger partial charge in [0.25, 0.3) is 5.69 Å². The third kappa shape index (κ3) is 7.16. The predicted molar refractivity (Wildman–Crippen MR) is 99.5 cm³/mol. The molecule has 0 aromatic heterocycles. The number of nitrogens with zero attached hydrogens (tertiary/aromatic N) is 3. The van der Waals surface area contributed by atoms with Gasteiger partial charge in [-0.25, -0.2) is 0 Å². The number of carbonyl (C=O) groups is 2. The SMILES string of the molecule is CCOC(=O)C(CC/C(C)=N/Oc1ccc([N+](=O)[O-])cc1[N+](=O)[O-])C(=O)OCC. The van der Waals surface area contributed by atoms with E-state index in [1.807, 2.05) is 0 Å². The number of hydrogen-bond donors (Lipinski definition) is 0. The molecule has 1 aromatic rings. The lowest BCUT2D eigenvalue weighted by atomic mass is 10.0. The molecule has 29 heavy (non-hydrogen) atoms. The van der Waals surface area contributed by atoms with Crippen molar-refractivity contribution in [2.75, 3.05) is 13.2 Å². The monoisotopic (exact) mass is 411 g/mol. The van der Waals surface area contributed by atoms with Crippen LogP contribution in [0.2, 0.25) is 0 Å². The maximum Gasteiger partial charge on any atom is 0.321 e. The summed E-state index contributed by atoms with van der Waals surface area (Å²) in [7, 11) is 0. The Balaban J connectivity index is 2.87. The van der Waals surface area contributed by atoms with Crippen LogP contribution in [0.3, 0.4) is 0 Å². The molecule has 0 heterocycles. The predicted octanol–water partition coefficient (Wildman–Crippen LogP) is 2.78. The van der Waals surface area contributed by atoms with Crippen molar-refractivity contribution in [3.05, 3.63) is 38.4 Å². The lowest BCUT2D eigenvalue weighted by molar-refractivity contribution is -0.394. The molecule has 0 saturated carbocycles. The van der Waals surface area contributed by atoms with Crippen LogP contribution in [0, 0.1) is 26.1 Å². The lowest BCUT2D eigenvalue weighted by Gasteiger charge is -2.14. The Morgan fingerprint density at radius 1 is 1.07 bits per heavy atom. The average Bonchev–Trinajstić information content (AvgIpc) is 2.66. The zero-order chi connectivity index (χ0) is 22.0. The van der Waals surface area contributed by atoms with E-state index in [2.05, 4.69) is 5.16 Å². The minimum atomic E-state index is -1.13. The third-order valence-corrected chi connectivity index (χ3v) is 3.59. The average molecular weight is 411 g/mol. The number of nitro groups is 2. The number of non-ortho nitro benzene ring substituents is 1. The summed E-state index contributed by atoms with van der Waals surface area (Å²) in [5, 5.41) is 25.6. The van der Waals surface area contributed by atoms with Gasteiger partial charge in [0.15, 0.2) is 5.92 Å². The number of hydrogen-bond acceptors (Lipinski definition) is 10. The zero-order valence-corrected chi connectivity index (χ0v) is 16.2. The summed E-state index contributed by atoms with van der Waals surface area (Å²) in [6, 6.07) is 2.87. The standard InChI is InChI=1S/C17H21N3O9/c1-4-27-16(21)13(17(22)28-5-2)8-6-11(3)18-29-15-9-7-12(19(23)24)10-14(15)20(25)26/h7,9-10,13H,4-6,8H2,1-3H3/b18-11+. The van der Waals surface area contributed by atoms with Crippen LogP contribution >= 0.6 is 0 Å². The lowest BCUT2D eigenvalue weighted by Crippen LogP contribution is -2.28. The van der Waals surface area contributed by atoms with Gasteiger partial charge < -0.3 is 14.3 Å². The van der Waals surface area contributed by atoms with Crippen LogP contribution < -0.4 is 4.84 Å². The molecule has 12 heteroatoms. The minimum Gasteiger partial charge on any atom is -0.465 e. The summed E-state index contributed by atoms with van der Waals surface area (Å²) in [5.41, 5.74) is -0.751. The van der Waals surface area contributed by atoms with Crippen molar-refractivity contribution < 1.29 is 33.7 Å². The molecule has 0 aliphatic rings. The van der Waals surface area contributed by atoms with E-state index in [4.69, 9.17) is 14.3 Å². The number of oxime groups is 1. The molecule has 0 bridgehead atoms. The molecule has 1 aromatic carbocycles. The normalized spacial score (nSPS) is 11.1. The molecular weight excluding hydrogens is 390 g/mol. The van der Waals surface area contributed by atoms with E-state index in [1.54, 1.807) is 13.8 Å². The number of benzene rings is 1. The number of nitro benzene ring substituents is 2.